The molecule has 0 unspecified atom stereocenters. The second kappa shape index (κ2) is 10.5. The first-order chi connectivity index (χ1) is 18.9. The van der Waals surface area contributed by atoms with Crippen LogP contribution in [0.25, 0.3) is 16.8 Å². The van der Waals surface area contributed by atoms with E-state index >= 15 is 0 Å². The zero-order valence-corrected chi connectivity index (χ0v) is 22.3. The van der Waals surface area contributed by atoms with Crippen LogP contribution < -0.4 is 15.1 Å². The number of nitrogens with one attached hydrogen (secondary N) is 1. The zero-order valence-electron chi connectivity index (χ0n) is 22.3. The Morgan fingerprint density at radius 3 is 1.97 bits per heavy atom. The molecule has 2 aromatic heterocycles. The Kier molecular flexibility index (Phi) is 6.76. The number of nitrogens with zero attached hydrogens (tertiary/aromatic N) is 8. The Hall–Kier alpha value is -4.22. The van der Waals surface area contributed by atoms with E-state index in [2.05, 4.69) is 62.3 Å². The van der Waals surface area contributed by atoms with Crippen molar-refractivity contribution in [2.45, 2.75) is 0 Å². The van der Waals surface area contributed by atoms with Crippen LogP contribution in [-0.4, -0.2) is 95.8 Å². The fraction of sp³-hybridized carbons (Fsp3) is 0.357. The molecule has 2 saturated heterocycles. The van der Waals surface area contributed by atoms with Gasteiger partial charge in [0.25, 0.3) is 5.69 Å². The third-order valence-corrected chi connectivity index (χ3v) is 7.70. The third kappa shape index (κ3) is 5.23. The van der Waals surface area contributed by atoms with Crippen LogP contribution in [0.15, 0.2) is 60.9 Å². The molecule has 0 bridgehead atoms. The van der Waals surface area contributed by atoms with Gasteiger partial charge in [0.15, 0.2) is 5.65 Å². The number of nitro benzene ring substituents is 1. The van der Waals surface area contributed by atoms with Gasteiger partial charge in [-0.05, 0) is 56.1 Å². The highest BCUT2D eigenvalue weighted by Gasteiger charge is 2.21. The zero-order chi connectivity index (χ0) is 26.9. The molecule has 0 aliphatic carbocycles. The van der Waals surface area contributed by atoms with Gasteiger partial charge in [-0.1, -0.05) is 0 Å². The molecule has 1 N–H and O–H groups in total. The number of hydrogen-bond donors (Lipinski definition) is 1. The largest absolute Gasteiger partial charge is 0.369 e. The van der Waals surface area contributed by atoms with E-state index in [0.29, 0.717) is 0 Å². The van der Waals surface area contributed by atoms with Crippen molar-refractivity contribution in [3.05, 3.63) is 71.0 Å². The molecule has 202 valence electrons. The van der Waals surface area contributed by atoms with Crippen LogP contribution in [0.5, 0.6) is 0 Å². The van der Waals surface area contributed by atoms with Gasteiger partial charge < -0.3 is 24.9 Å². The molecular weight excluding hydrogens is 494 g/mol. The Labute approximate surface area is 227 Å². The molecular formula is C28H33N9O2. The average molecular weight is 528 g/mol. The molecule has 0 saturated carbocycles. The van der Waals surface area contributed by atoms with Gasteiger partial charge in [-0.25, -0.2) is 4.98 Å². The van der Waals surface area contributed by atoms with Crippen LogP contribution in [-0.2, 0) is 0 Å². The highest BCUT2D eigenvalue weighted by molar-refractivity contribution is 5.83. The summed E-state index contributed by atoms with van der Waals surface area (Å²) in [6.45, 7) is 8.18. The molecule has 39 heavy (non-hydrogen) atoms. The van der Waals surface area contributed by atoms with Crippen molar-refractivity contribution in [3.63, 3.8) is 0 Å². The lowest BCUT2D eigenvalue weighted by molar-refractivity contribution is -0.384. The van der Waals surface area contributed by atoms with Crippen LogP contribution in [0.4, 0.5) is 28.6 Å². The lowest BCUT2D eigenvalue weighted by Gasteiger charge is -2.37. The SMILES string of the molecule is CN1CCN(c2cc(-c3cnn4c(Nc5ccc([N+](=O)[O-])cc5)ccnc34)cc(N3CCN(C)CC3)c2)CC1. The van der Waals surface area contributed by atoms with Gasteiger partial charge in [0.1, 0.15) is 5.82 Å². The first kappa shape index (κ1) is 25.1. The van der Waals surface area contributed by atoms with Crippen molar-refractivity contribution < 1.29 is 4.92 Å². The van der Waals surface area contributed by atoms with Crippen molar-refractivity contribution >= 4 is 34.2 Å². The van der Waals surface area contributed by atoms with Gasteiger partial charge in [0, 0.05) is 93.3 Å². The first-order valence-corrected chi connectivity index (χ1v) is 13.3. The summed E-state index contributed by atoms with van der Waals surface area (Å²) in [5, 5.41) is 19.0. The number of benzene rings is 2. The van der Waals surface area contributed by atoms with Gasteiger partial charge in [0.05, 0.1) is 11.1 Å². The fourth-order valence-electron chi connectivity index (χ4n) is 5.25. The summed E-state index contributed by atoms with van der Waals surface area (Å²) < 4.78 is 1.79. The number of piperazine rings is 2. The minimum atomic E-state index is -0.402. The monoisotopic (exact) mass is 527 g/mol. The molecule has 2 aliphatic heterocycles. The number of anilines is 4. The van der Waals surface area contributed by atoms with Crippen molar-refractivity contribution in [1.29, 1.82) is 0 Å². The number of rotatable bonds is 6. The maximum absolute atomic E-state index is 11.0. The van der Waals surface area contributed by atoms with E-state index in [1.54, 1.807) is 22.8 Å². The molecule has 11 heteroatoms. The van der Waals surface area contributed by atoms with Crippen molar-refractivity contribution in [2.75, 3.05) is 81.6 Å². The number of aromatic nitrogens is 3. The highest BCUT2D eigenvalue weighted by atomic mass is 16.6. The molecule has 4 heterocycles. The van der Waals surface area contributed by atoms with Gasteiger partial charge in [0.2, 0.25) is 0 Å². The maximum atomic E-state index is 11.0. The Morgan fingerprint density at radius 2 is 1.41 bits per heavy atom. The summed E-state index contributed by atoms with van der Waals surface area (Å²) in [5.41, 5.74) is 6.06. The van der Waals surface area contributed by atoms with Crippen LogP contribution in [0, 0.1) is 10.1 Å². The predicted octanol–water partition coefficient (Wildman–Crippen LogP) is 3.55. The smallest absolute Gasteiger partial charge is 0.269 e. The number of non-ortho nitro benzene ring substituents is 1. The average Bonchev–Trinajstić information content (AvgIpc) is 3.39. The molecule has 0 amide bonds. The second-order valence-corrected chi connectivity index (χ2v) is 10.4. The van der Waals surface area contributed by atoms with E-state index in [1.807, 2.05) is 12.3 Å². The van der Waals surface area contributed by atoms with E-state index in [0.717, 1.165) is 80.6 Å². The molecule has 11 nitrogen and oxygen atoms in total. The van der Waals surface area contributed by atoms with E-state index < -0.39 is 4.92 Å². The van der Waals surface area contributed by atoms with Crippen molar-refractivity contribution in [1.82, 2.24) is 24.4 Å². The minimum Gasteiger partial charge on any atom is -0.369 e. The normalized spacial score (nSPS) is 17.1. The number of likely N-dealkylation sites (N-methyl/N-ethyl adjacent to an activating group) is 2. The molecule has 4 aromatic rings. The molecule has 6 rings (SSSR count). The fourth-order valence-corrected chi connectivity index (χ4v) is 5.25. The van der Waals surface area contributed by atoms with Crippen LogP contribution >= 0.6 is 0 Å². The molecule has 0 atom stereocenters. The molecule has 2 aliphatic rings. The summed E-state index contributed by atoms with van der Waals surface area (Å²) in [6, 6.07) is 15.1. The summed E-state index contributed by atoms with van der Waals surface area (Å²) in [5.74, 6) is 0.731. The van der Waals surface area contributed by atoms with E-state index in [1.165, 1.54) is 23.5 Å². The van der Waals surface area contributed by atoms with Gasteiger partial charge in [-0.15, -0.1) is 0 Å². The quantitative estimate of drug-likeness (QED) is 0.298. The number of hydrogen-bond acceptors (Lipinski definition) is 9. The third-order valence-electron chi connectivity index (χ3n) is 7.70. The van der Waals surface area contributed by atoms with Crippen molar-refractivity contribution in [3.8, 4) is 11.1 Å². The van der Waals surface area contributed by atoms with Gasteiger partial charge in [-0.3, -0.25) is 10.1 Å². The summed E-state index contributed by atoms with van der Waals surface area (Å²) >= 11 is 0. The number of fused-ring (bicyclic) bond motifs is 1. The van der Waals surface area contributed by atoms with Crippen LogP contribution in [0.2, 0.25) is 0 Å². The minimum absolute atomic E-state index is 0.0539. The van der Waals surface area contributed by atoms with Gasteiger partial charge in [-0.2, -0.15) is 9.61 Å². The van der Waals surface area contributed by atoms with Gasteiger partial charge >= 0.3 is 0 Å². The first-order valence-electron chi connectivity index (χ1n) is 13.3. The second-order valence-electron chi connectivity index (χ2n) is 10.4. The predicted molar refractivity (Wildman–Crippen MR) is 154 cm³/mol. The lowest BCUT2D eigenvalue weighted by atomic mass is 10.0. The van der Waals surface area contributed by atoms with Crippen LogP contribution in [0.1, 0.15) is 0 Å². The van der Waals surface area contributed by atoms with E-state index in [4.69, 9.17) is 4.98 Å². The standard InChI is InChI=1S/C28H33N9O2/c1-32-9-13-34(14-10-32)24-17-21(18-25(19-24)35-15-11-33(2)12-16-35)26-20-30-36-27(7-8-29-28(26)36)31-22-3-5-23(6-4-22)37(38)39/h3-8,17-20,31H,9-16H2,1-2H3. The highest BCUT2D eigenvalue weighted by Crippen LogP contribution is 2.34. The topological polar surface area (TPSA) is 98.3 Å². The maximum Gasteiger partial charge on any atom is 0.269 e. The summed E-state index contributed by atoms with van der Waals surface area (Å²) in [6.07, 6.45) is 3.64. The molecule has 2 fully saturated rings. The van der Waals surface area contributed by atoms with E-state index in [-0.39, 0.29) is 5.69 Å². The Morgan fingerprint density at radius 1 is 0.821 bits per heavy atom. The van der Waals surface area contributed by atoms with E-state index in [9.17, 15) is 10.1 Å². The molecule has 0 spiro atoms. The number of nitro groups is 1. The summed E-state index contributed by atoms with van der Waals surface area (Å²) in [7, 11) is 4.35. The summed E-state index contributed by atoms with van der Waals surface area (Å²) in [4.78, 5) is 25.0. The lowest BCUT2D eigenvalue weighted by Crippen LogP contribution is -2.45. The van der Waals surface area contributed by atoms with Crippen molar-refractivity contribution in [2.24, 2.45) is 0 Å². The molecule has 2 aromatic carbocycles. The molecule has 0 radical (unpaired) electrons. The van der Waals surface area contributed by atoms with Crippen LogP contribution in [0.3, 0.4) is 0 Å². The Balaban J connectivity index is 1.36. The Bertz CT molecular complexity index is 1430.